The molecule has 3 rings (SSSR count). The summed E-state index contributed by atoms with van der Waals surface area (Å²) in [6.07, 6.45) is -4.10. The highest BCUT2D eigenvalue weighted by atomic mass is 32.2. The molecule has 1 aliphatic rings. The maximum absolute atomic E-state index is 13.6. The molecule has 2 atom stereocenters. The van der Waals surface area contributed by atoms with Crippen LogP contribution in [0.5, 0.6) is 0 Å². The van der Waals surface area contributed by atoms with Crippen molar-refractivity contribution in [2.24, 2.45) is 0 Å². The van der Waals surface area contributed by atoms with Gasteiger partial charge in [-0.2, -0.15) is 18.2 Å². The maximum Gasteiger partial charge on any atom is 0.449 e. The molecule has 0 aliphatic carbocycles. The summed E-state index contributed by atoms with van der Waals surface area (Å²) in [5, 5.41) is 0. The fourth-order valence-electron chi connectivity index (χ4n) is 2.97. The minimum Gasteiger partial charge on any atom is -0.610 e. The van der Waals surface area contributed by atoms with Crippen LogP contribution < -0.4 is 5.56 Å². The minimum absolute atomic E-state index is 0.0253. The Kier molecular flexibility index (Phi) is 5.60. The second kappa shape index (κ2) is 7.43. The Balaban J connectivity index is 2.03. The Morgan fingerprint density at radius 3 is 2.52 bits per heavy atom. The molecule has 29 heavy (non-hydrogen) atoms. The van der Waals surface area contributed by atoms with E-state index >= 15 is 0 Å². The standard InChI is InChI=1S/C16H19F3N4O4S2/c1-15(2,3)27-14(25)22-6-5-8(7-22)23-11(24)9-10(21-12(23)16(17,18)19)28-13(20-9)29(4)26/h8H,5-7H2,1-4H3/t8-,29?/m0/s1. The van der Waals surface area contributed by atoms with Crippen LogP contribution >= 0.6 is 11.3 Å². The molecule has 3 heterocycles. The number of halogens is 3. The first-order valence-electron chi connectivity index (χ1n) is 8.59. The van der Waals surface area contributed by atoms with Crippen LogP contribution in [0.4, 0.5) is 18.0 Å². The number of fused-ring (bicyclic) bond motifs is 1. The van der Waals surface area contributed by atoms with Gasteiger partial charge in [0, 0.05) is 24.3 Å². The summed E-state index contributed by atoms with van der Waals surface area (Å²) in [4.78, 5) is 33.7. The zero-order valence-corrected chi connectivity index (χ0v) is 17.7. The lowest BCUT2D eigenvalue weighted by Crippen LogP contribution is -2.37. The number of ether oxygens (including phenoxy) is 1. The van der Waals surface area contributed by atoms with Gasteiger partial charge in [-0.15, -0.1) is 0 Å². The van der Waals surface area contributed by atoms with Crippen LogP contribution in [0.2, 0.25) is 0 Å². The molecule has 0 radical (unpaired) electrons. The summed E-state index contributed by atoms with van der Waals surface area (Å²) in [5.41, 5.74) is -1.98. The number of hydrogen-bond acceptors (Lipinski definition) is 7. The highest BCUT2D eigenvalue weighted by molar-refractivity contribution is 7.92. The Bertz CT molecular complexity index is 997. The molecule has 2 aromatic rings. The highest BCUT2D eigenvalue weighted by Crippen LogP contribution is 2.33. The van der Waals surface area contributed by atoms with Crippen molar-refractivity contribution in [3.63, 3.8) is 0 Å². The molecule has 13 heteroatoms. The molecule has 0 saturated carbocycles. The van der Waals surface area contributed by atoms with Crippen molar-refractivity contribution in [2.75, 3.05) is 19.3 Å². The lowest BCUT2D eigenvalue weighted by Gasteiger charge is -2.25. The molecule has 1 unspecified atom stereocenters. The summed E-state index contributed by atoms with van der Waals surface area (Å²) in [6, 6.07) is -0.930. The van der Waals surface area contributed by atoms with Gasteiger partial charge in [-0.05, 0) is 38.5 Å². The van der Waals surface area contributed by atoms with Gasteiger partial charge in [0.25, 0.3) is 5.56 Å². The second-order valence-electron chi connectivity index (χ2n) is 7.56. The number of aromatic nitrogens is 3. The summed E-state index contributed by atoms with van der Waals surface area (Å²) < 4.78 is 58.4. The molecule has 0 aromatic carbocycles. The fourth-order valence-corrected chi connectivity index (χ4v) is 4.57. The molecule has 1 saturated heterocycles. The Labute approximate surface area is 170 Å². The van der Waals surface area contributed by atoms with E-state index in [-0.39, 0.29) is 34.2 Å². The van der Waals surface area contributed by atoms with Crippen LogP contribution in [0.3, 0.4) is 0 Å². The number of carbonyl (C=O) groups excluding carboxylic acids is 1. The van der Waals surface area contributed by atoms with Crippen LogP contribution in [-0.2, 0) is 22.1 Å². The van der Waals surface area contributed by atoms with E-state index in [1.54, 1.807) is 20.8 Å². The van der Waals surface area contributed by atoms with Crippen molar-refractivity contribution in [3.05, 3.63) is 16.2 Å². The predicted molar refractivity (Wildman–Crippen MR) is 100 cm³/mol. The molecule has 0 bridgehead atoms. The quantitative estimate of drug-likeness (QED) is 0.650. The summed E-state index contributed by atoms with van der Waals surface area (Å²) >= 11 is -0.867. The minimum atomic E-state index is -4.89. The largest absolute Gasteiger partial charge is 0.610 e. The SMILES string of the molecule is C[S+]([O-])c1nc2c(=O)n([C@H]3CCN(C(=O)OC(C)(C)C)C3)c(C(F)(F)F)nc2s1. The first-order chi connectivity index (χ1) is 13.3. The zero-order chi connectivity index (χ0) is 21.7. The number of carbonyl (C=O) groups is 1. The van der Waals surface area contributed by atoms with Crippen LogP contribution in [0.15, 0.2) is 9.13 Å². The van der Waals surface area contributed by atoms with E-state index in [9.17, 15) is 27.3 Å². The first kappa shape index (κ1) is 21.8. The van der Waals surface area contributed by atoms with Crippen LogP contribution in [0.1, 0.15) is 39.1 Å². The van der Waals surface area contributed by atoms with Gasteiger partial charge in [-0.3, -0.25) is 9.36 Å². The van der Waals surface area contributed by atoms with Crippen molar-refractivity contribution in [2.45, 2.75) is 49.4 Å². The van der Waals surface area contributed by atoms with Gasteiger partial charge in [0.1, 0.15) is 11.9 Å². The van der Waals surface area contributed by atoms with Gasteiger partial charge in [0.05, 0.1) is 6.04 Å². The van der Waals surface area contributed by atoms with Crippen molar-refractivity contribution < 1.29 is 27.3 Å². The van der Waals surface area contributed by atoms with Gasteiger partial charge >= 0.3 is 16.6 Å². The molecule has 0 spiro atoms. The smallest absolute Gasteiger partial charge is 0.449 e. The third-order valence-corrected chi connectivity index (χ3v) is 6.41. The Hall–Kier alpha value is -1.86. The van der Waals surface area contributed by atoms with Gasteiger partial charge in [0.15, 0.2) is 10.3 Å². The fraction of sp³-hybridized carbons (Fsp3) is 0.625. The van der Waals surface area contributed by atoms with Crippen LogP contribution in [0.25, 0.3) is 10.3 Å². The van der Waals surface area contributed by atoms with E-state index in [0.717, 1.165) is 0 Å². The van der Waals surface area contributed by atoms with Crippen LogP contribution in [0, 0.1) is 0 Å². The third-order valence-electron chi connectivity index (χ3n) is 4.13. The third kappa shape index (κ3) is 4.51. The maximum atomic E-state index is 13.6. The number of thiazole rings is 1. The van der Waals surface area contributed by atoms with Gasteiger partial charge in [0.2, 0.25) is 5.82 Å². The number of nitrogens with zero attached hydrogens (tertiary/aromatic N) is 4. The van der Waals surface area contributed by atoms with E-state index in [0.29, 0.717) is 15.9 Å². The average molecular weight is 452 g/mol. The molecule has 1 fully saturated rings. The predicted octanol–water partition coefficient (Wildman–Crippen LogP) is 2.79. The summed E-state index contributed by atoms with van der Waals surface area (Å²) in [6.45, 7) is 5.06. The molecule has 1 amide bonds. The number of amides is 1. The molecular weight excluding hydrogens is 433 g/mol. The molecule has 1 aliphatic heterocycles. The number of alkyl halides is 3. The van der Waals surface area contributed by atoms with Crippen molar-refractivity contribution in [1.82, 2.24) is 19.4 Å². The van der Waals surface area contributed by atoms with Gasteiger partial charge in [-0.1, -0.05) is 0 Å². The van der Waals surface area contributed by atoms with E-state index in [4.69, 9.17) is 4.74 Å². The highest BCUT2D eigenvalue weighted by Gasteiger charge is 2.42. The van der Waals surface area contributed by atoms with Crippen molar-refractivity contribution in [1.29, 1.82) is 0 Å². The first-order valence-corrected chi connectivity index (χ1v) is 11.0. The van der Waals surface area contributed by atoms with Crippen molar-refractivity contribution >= 4 is 39.0 Å². The Morgan fingerprint density at radius 1 is 1.31 bits per heavy atom. The second-order valence-corrected chi connectivity index (χ2v) is 10.1. The lowest BCUT2D eigenvalue weighted by molar-refractivity contribution is -0.148. The van der Waals surface area contributed by atoms with E-state index < -0.39 is 46.5 Å². The molecule has 2 aromatic heterocycles. The van der Waals surface area contributed by atoms with Gasteiger partial charge < -0.3 is 14.2 Å². The van der Waals surface area contributed by atoms with Crippen molar-refractivity contribution in [3.8, 4) is 0 Å². The van der Waals surface area contributed by atoms with Crippen LogP contribution in [-0.4, -0.2) is 55.0 Å². The zero-order valence-electron chi connectivity index (χ0n) is 16.1. The monoisotopic (exact) mass is 452 g/mol. The molecular formula is C16H19F3N4O4S2. The van der Waals surface area contributed by atoms with E-state index in [2.05, 4.69) is 9.97 Å². The number of hydrogen-bond donors (Lipinski definition) is 0. The van der Waals surface area contributed by atoms with Gasteiger partial charge in [-0.25, -0.2) is 9.78 Å². The summed E-state index contributed by atoms with van der Waals surface area (Å²) in [7, 11) is 0. The Morgan fingerprint density at radius 2 is 1.97 bits per heavy atom. The van der Waals surface area contributed by atoms with E-state index in [1.807, 2.05) is 0 Å². The molecule has 8 nitrogen and oxygen atoms in total. The normalized spacial score (nSPS) is 19.0. The molecule has 160 valence electrons. The summed E-state index contributed by atoms with van der Waals surface area (Å²) in [5.74, 6) is -1.36. The number of likely N-dealkylation sites (tertiary alicyclic amines) is 1. The number of rotatable bonds is 2. The molecule has 0 N–H and O–H groups in total. The van der Waals surface area contributed by atoms with E-state index in [1.165, 1.54) is 11.2 Å². The topological polar surface area (TPSA) is 100 Å². The average Bonchev–Trinajstić information content (AvgIpc) is 3.19. The lowest BCUT2D eigenvalue weighted by atomic mass is 10.2.